The molecule has 0 N–H and O–H groups in total. The van der Waals surface area contributed by atoms with Crippen LogP contribution in [0.4, 0.5) is 0 Å². The Bertz CT molecular complexity index is 2110. The van der Waals surface area contributed by atoms with Crippen LogP contribution >= 0.6 is 0 Å². The van der Waals surface area contributed by atoms with Gasteiger partial charge in [-0.1, -0.05) is 295 Å². The van der Waals surface area contributed by atoms with Crippen molar-refractivity contribution in [1.82, 2.24) is 4.90 Å². The number of esters is 4. The predicted molar refractivity (Wildman–Crippen MR) is 422 cm³/mol. The maximum atomic E-state index is 12.8. The molecule has 0 bridgehead atoms. The van der Waals surface area contributed by atoms with Crippen molar-refractivity contribution in [3.05, 3.63) is 170 Å². The molecule has 0 fully saturated rings. The fourth-order valence-corrected chi connectivity index (χ4v) is 10.8. The van der Waals surface area contributed by atoms with E-state index in [1.165, 1.54) is 64.2 Å². The largest absolute Gasteiger partial charge is 0.466 e. The number of allylic oxidation sites excluding steroid dienone is 26. The van der Waals surface area contributed by atoms with Gasteiger partial charge in [-0.15, -0.1) is 0 Å². The highest BCUT2D eigenvalue weighted by molar-refractivity contribution is 5.71. The highest BCUT2D eigenvalue weighted by Gasteiger charge is 2.15. The Morgan fingerprint density at radius 3 is 0.867 bits per heavy atom. The monoisotopic (exact) mass is 1360 g/mol. The lowest BCUT2D eigenvalue weighted by atomic mass is 10.1. The minimum absolute atomic E-state index is 0.0501. The lowest BCUT2D eigenvalue weighted by Gasteiger charge is -2.20. The van der Waals surface area contributed by atoms with Crippen LogP contribution in [0, 0.1) is 0 Å². The van der Waals surface area contributed by atoms with Crippen molar-refractivity contribution in [3.8, 4) is 0 Å². The highest BCUT2D eigenvalue weighted by Crippen LogP contribution is 2.18. The van der Waals surface area contributed by atoms with Gasteiger partial charge in [0.2, 0.25) is 0 Å². The number of unbranched alkanes of at least 4 members (excludes halogenated alkanes) is 18. The average Bonchev–Trinajstić information content (AvgIpc) is 3.53. The number of ether oxygens (including phenoxy) is 4. The molecule has 0 radical (unpaired) electrons. The molecule has 0 aromatic carbocycles. The molecule has 98 heavy (non-hydrogen) atoms. The van der Waals surface area contributed by atoms with E-state index in [-0.39, 0.29) is 36.1 Å². The van der Waals surface area contributed by atoms with E-state index in [1.54, 1.807) is 0 Å². The van der Waals surface area contributed by atoms with Gasteiger partial charge in [-0.3, -0.25) is 19.2 Å². The Kier molecular flexibility index (Phi) is 73.9. The molecule has 0 aliphatic carbocycles. The summed E-state index contributed by atoms with van der Waals surface area (Å²) in [6.07, 6.45) is 105. The summed E-state index contributed by atoms with van der Waals surface area (Å²) in [7, 11) is 0. The first-order valence-electron chi connectivity index (χ1n) is 39.8. The van der Waals surface area contributed by atoms with E-state index in [4.69, 9.17) is 18.9 Å². The van der Waals surface area contributed by atoms with Crippen molar-refractivity contribution in [1.29, 1.82) is 0 Å². The van der Waals surface area contributed by atoms with Gasteiger partial charge in [0.05, 0.1) is 26.1 Å². The number of carbonyl (C=O) groups is 4. The summed E-state index contributed by atoms with van der Waals surface area (Å²) in [5.74, 6) is -0.534. The Balaban J connectivity index is 4.20. The van der Waals surface area contributed by atoms with Crippen LogP contribution in [0.15, 0.2) is 170 Å². The summed E-state index contributed by atoms with van der Waals surface area (Å²) in [5, 5.41) is 0. The van der Waals surface area contributed by atoms with Crippen molar-refractivity contribution in [2.45, 2.75) is 336 Å². The zero-order valence-corrected chi connectivity index (χ0v) is 63.4. The molecule has 2 unspecified atom stereocenters. The molecule has 554 valence electrons. The molecule has 0 saturated heterocycles. The summed E-state index contributed by atoms with van der Waals surface area (Å²) >= 11 is 0. The van der Waals surface area contributed by atoms with Crippen LogP contribution in [0.25, 0.3) is 0 Å². The smallest absolute Gasteiger partial charge is 0.307 e. The molecule has 0 aliphatic heterocycles. The van der Waals surface area contributed by atoms with Gasteiger partial charge in [0.15, 0.2) is 0 Å². The van der Waals surface area contributed by atoms with Gasteiger partial charge in [0.1, 0.15) is 12.2 Å². The lowest BCUT2D eigenvalue weighted by Crippen LogP contribution is -2.30. The Morgan fingerprint density at radius 2 is 0.551 bits per heavy atom. The molecular weight excluding hydrogens is 1210 g/mol. The molecule has 9 nitrogen and oxygen atoms in total. The highest BCUT2D eigenvalue weighted by atomic mass is 16.6. The molecule has 0 heterocycles. The Labute approximate surface area is 602 Å². The fourth-order valence-electron chi connectivity index (χ4n) is 10.8. The number of nitrogens with zero attached hydrogens (tertiary/aromatic N) is 1. The summed E-state index contributed by atoms with van der Waals surface area (Å²) < 4.78 is 23.1. The standard InChI is InChI=1S/C89H145NO8/c1-6-11-15-19-21-23-25-27-29-31-33-35-37-39-41-47-53-59-67-75-88(93)97-84(71-63-17-13-8-3)73-65-57-51-45-43-49-55-61-69-82-95-86(91)77-80-90(79-10-5)81-78-87(92)96-83-70-62-56-50-44-46-52-58-66-74-85(72-64-18-14-9-4)98-89(94)76-68-60-54-48-42-40-38-36-34-32-30-28-26-24-22-20-16-12-7-2/h11-12,15-16,21-24,27-30,33-36,39-42,53-54,57-60,65-66,84-85H,6-10,13-14,17-20,25-26,31-32,37-38,43-52,55-56,61-64,67-83H2,1-5H3/b15-11-,16-12-,23-21-,24-22-,29-27-,30-28-,35-33-,36-34-,41-39-,42-40-,59-53-,60-54-,65-57-,66-58-. The van der Waals surface area contributed by atoms with Gasteiger partial charge in [-0.05, 0) is 167 Å². The molecular formula is C89H145NO8. The Morgan fingerprint density at radius 1 is 0.265 bits per heavy atom. The maximum absolute atomic E-state index is 12.8. The molecule has 0 amide bonds. The molecule has 0 rings (SSSR count). The van der Waals surface area contributed by atoms with E-state index in [0.717, 1.165) is 193 Å². The SMILES string of the molecule is CC/C=C\C/C=C\C/C=C\C/C=C\C/C=C\C/C=C\CCC(=O)OC(C/C=C\CCCCCCCCOC(=O)CCN(CCC)CCC(=O)OCCCCCCCC/C=C\CC(CCCCCC)OC(=O)CC/C=C\C/C=C\C/C=C\C/C=C\C/C=C\C/C=C\CC)CCCCCC. The zero-order valence-electron chi connectivity index (χ0n) is 63.4. The van der Waals surface area contributed by atoms with E-state index >= 15 is 0 Å². The normalized spacial score (nSPS) is 13.4. The Hall–Kier alpha value is -5.80. The lowest BCUT2D eigenvalue weighted by molar-refractivity contribution is -0.150. The fraction of sp³-hybridized carbons (Fsp3) is 0.640. The van der Waals surface area contributed by atoms with Gasteiger partial charge in [0, 0.05) is 38.8 Å². The summed E-state index contributed by atoms with van der Waals surface area (Å²) in [4.78, 5) is 52.9. The van der Waals surface area contributed by atoms with Crippen molar-refractivity contribution in [2.75, 3.05) is 32.8 Å². The molecule has 9 heteroatoms. The van der Waals surface area contributed by atoms with Crippen molar-refractivity contribution < 1.29 is 38.1 Å². The van der Waals surface area contributed by atoms with Crippen LogP contribution in [0.3, 0.4) is 0 Å². The van der Waals surface area contributed by atoms with E-state index < -0.39 is 0 Å². The van der Waals surface area contributed by atoms with Gasteiger partial charge in [-0.2, -0.15) is 0 Å². The second kappa shape index (κ2) is 78.5. The zero-order chi connectivity index (χ0) is 71.0. The van der Waals surface area contributed by atoms with Crippen LogP contribution in [0.1, 0.15) is 324 Å². The minimum Gasteiger partial charge on any atom is -0.466 e. The quantitative estimate of drug-likeness (QED) is 0.0255. The molecule has 2 atom stereocenters. The van der Waals surface area contributed by atoms with Gasteiger partial charge >= 0.3 is 23.9 Å². The molecule has 0 spiro atoms. The number of hydrogen-bond donors (Lipinski definition) is 0. The van der Waals surface area contributed by atoms with Crippen LogP contribution in [-0.2, 0) is 38.1 Å². The second-order valence-corrected chi connectivity index (χ2v) is 25.8. The molecule has 0 saturated carbocycles. The topological polar surface area (TPSA) is 108 Å². The van der Waals surface area contributed by atoms with E-state index in [0.29, 0.717) is 64.8 Å². The van der Waals surface area contributed by atoms with Crippen LogP contribution < -0.4 is 0 Å². The van der Waals surface area contributed by atoms with Crippen LogP contribution in [0.5, 0.6) is 0 Å². The number of carbonyl (C=O) groups excluding carboxylic acids is 4. The maximum Gasteiger partial charge on any atom is 0.307 e. The van der Waals surface area contributed by atoms with Crippen LogP contribution in [0.2, 0.25) is 0 Å². The second-order valence-electron chi connectivity index (χ2n) is 25.8. The third-order valence-corrected chi connectivity index (χ3v) is 16.6. The first kappa shape index (κ1) is 92.2. The third-order valence-electron chi connectivity index (χ3n) is 16.6. The molecule has 0 aromatic rings. The molecule has 0 aliphatic rings. The van der Waals surface area contributed by atoms with Crippen LogP contribution in [-0.4, -0.2) is 73.8 Å². The van der Waals surface area contributed by atoms with Crippen molar-refractivity contribution in [3.63, 3.8) is 0 Å². The van der Waals surface area contributed by atoms with Gasteiger partial charge in [0.25, 0.3) is 0 Å². The summed E-state index contributed by atoms with van der Waals surface area (Å²) in [6.45, 7) is 13.8. The predicted octanol–water partition coefficient (Wildman–Crippen LogP) is 25.6. The van der Waals surface area contributed by atoms with E-state index in [9.17, 15) is 19.2 Å². The first-order chi connectivity index (χ1) is 48.3. The van der Waals surface area contributed by atoms with Crippen molar-refractivity contribution >= 4 is 23.9 Å². The third kappa shape index (κ3) is 72.9. The van der Waals surface area contributed by atoms with Gasteiger partial charge in [-0.25, -0.2) is 0 Å². The first-order valence-corrected chi connectivity index (χ1v) is 39.8. The van der Waals surface area contributed by atoms with Gasteiger partial charge < -0.3 is 23.8 Å². The molecule has 0 aromatic heterocycles. The summed E-state index contributed by atoms with van der Waals surface area (Å²) in [5.41, 5.74) is 0. The minimum atomic E-state index is -0.170. The number of rotatable bonds is 70. The van der Waals surface area contributed by atoms with E-state index in [2.05, 4.69) is 210 Å². The van der Waals surface area contributed by atoms with E-state index in [1.807, 2.05) is 0 Å². The van der Waals surface area contributed by atoms with Crippen molar-refractivity contribution in [2.24, 2.45) is 0 Å². The average molecular weight is 1360 g/mol. The summed E-state index contributed by atoms with van der Waals surface area (Å²) in [6, 6.07) is 0. The number of hydrogen-bond acceptors (Lipinski definition) is 9.